The monoisotopic (exact) mass is 253 g/mol. The van der Waals surface area contributed by atoms with Crippen LogP contribution in [0.3, 0.4) is 0 Å². The Labute approximate surface area is 106 Å². The Bertz CT molecular complexity index is 354. The van der Waals surface area contributed by atoms with Gasteiger partial charge < -0.3 is 20.5 Å². The third-order valence-electron chi connectivity index (χ3n) is 2.19. The number of anilines is 1. The number of rotatable bonds is 8. The number of ether oxygens (including phenoxy) is 2. The minimum Gasteiger partial charge on any atom is -0.397 e. The Morgan fingerprint density at radius 2 is 2.22 bits per heavy atom. The second kappa shape index (κ2) is 8.43. The van der Waals surface area contributed by atoms with Crippen molar-refractivity contribution in [3.63, 3.8) is 0 Å². The first-order chi connectivity index (χ1) is 8.72. The van der Waals surface area contributed by atoms with E-state index in [1.54, 1.807) is 19.2 Å². The summed E-state index contributed by atoms with van der Waals surface area (Å²) < 4.78 is 10.0. The molecule has 0 spiro atoms. The number of aromatic nitrogens is 1. The van der Waals surface area contributed by atoms with Crippen LogP contribution in [0.4, 0.5) is 5.69 Å². The van der Waals surface area contributed by atoms with Crippen LogP contribution in [0.2, 0.25) is 0 Å². The van der Waals surface area contributed by atoms with Gasteiger partial charge in [-0.25, -0.2) is 0 Å². The number of hydrogen-bond donors (Lipinski definition) is 2. The molecule has 0 fully saturated rings. The van der Waals surface area contributed by atoms with Crippen molar-refractivity contribution in [2.75, 3.05) is 39.2 Å². The third-order valence-corrected chi connectivity index (χ3v) is 2.19. The molecule has 0 saturated heterocycles. The molecule has 0 aliphatic rings. The number of amides is 1. The summed E-state index contributed by atoms with van der Waals surface area (Å²) in [5, 5.41) is 2.75. The smallest absolute Gasteiger partial charge is 0.226 e. The maximum atomic E-state index is 11.5. The van der Waals surface area contributed by atoms with Crippen molar-refractivity contribution in [2.24, 2.45) is 0 Å². The summed E-state index contributed by atoms with van der Waals surface area (Å²) in [6.45, 7) is 2.05. The van der Waals surface area contributed by atoms with Gasteiger partial charge in [-0.3, -0.25) is 9.78 Å². The molecule has 0 atom stereocenters. The topological polar surface area (TPSA) is 86.5 Å². The summed E-state index contributed by atoms with van der Waals surface area (Å²) in [6.07, 6.45) is 1.79. The van der Waals surface area contributed by atoms with Gasteiger partial charge in [0.15, 0.2) is 0 Å². The number of nitrogens with zero attached hydrogens (tertiary/aromatic N) is 1. The lowest BCUT2D eigenvalue weighted by atomic mass is 10.2. The largest absolute Gasteiger partial charge is 0.397 e. The summed E-state index contributed by atoms with van der Waals surface area (Å²) in [6, 6.07) is 3.47. The van der Waals surface area contributed by atoms with Crippen LogP contribution in [0.15, 0.2) is 18.3 Å². The van der Waals surface area contributed by atoms with E-state index >= 15 is 0 Å². The van der Waals surface area contributed by atoms with Crippen LogP contribution >= 0.6 is 0 Å². The summed E-state index contributed by atoms with van der Waals surface area (Å²) in [5.74, 6) is -0.0809. The second-order valence-electron chi connectivity index (χ2n) is 3.71. The quantitative estimate of drug-likeness (QED) is 0.636. The normalized spacial score (nSPS) is 10.3. The Kier molecular flexibility index (Phi) is 6.75. The number of hydrogen-bond acceptors (Lipinski definition) is 5. The number of carbonyl (C=O) groups is 1. The minimum atomic E-state index is -0.0809. The molecule has 1 aromatic heterocycles. The lowest BCUT2D eigenvalue weighted by molar-refractivity contribution is -0.120. The van der Waals surface area contributed by atoms with Gasteiger partial charge in [-0.1, -0.05) is 0 Å². The van der Waals surface area contributed by atoms with Gasteiger partial charge in [0, 0.05) is 19.3 Å². The molecule has 1 heterocycles. The molecule has 1 rings (SSSR count). The zero-order valence-corrected chi connectivity index (χ0v) is 10.5. The fourth-order valence-electron chi connectivity index (χ4n) is 1.27. The molecule has 0 unspecified atom stereocenters. The average Bonchev–Trinajstić information content (AvgIpc) is 2.36. The number of nitrogens with two attached hydrogens (primary N) is 1. The molecule has 3 N–H and O–H groups in total. The first-order valence-corrected chi connectivity index (χ1v) is 5.76. The van der Waals surface area contributed by atoms with Crippen molar-refractivity contribution in [1.29, 1.82) is 0 Å². The zero-order chi connectivity index (χ0) is 13.2. The number of nitrogen functional groups attached to an aromatic ring is 1. The van der Waals surface area contributed by atoms with E-state index in [4.69, 9.17) is 15.2 Å². The summed E-state index contributed by atoms with van der Waals surface area (Å²) in [4.78, 5) is 15.6. The Morgan fingerprint density at radius 3 is 2.89 bits per heavy atom. The van der Waals surface area contributed by atoms with Crippen molar-refractivity contribution < 1.29 is 14.3 Å². The number of methoxy groups -OCH3 is 1. The van der Waals surface area contributed by atoms with Crippen LogP contribution in [-0.2, 0) is 20.7 Å². The van der Waals surface area contributed by atoms with Crippen LogP contribution in [0.1, 0.15) is 5.69 Å². The molecule has 0 aliphatic heterocycles. The van der Waals surface area contributed by atoms with E-state index in [0.29, 0.717) is 37.7 Å². The van der Waals surface area contributed by atoms with E-state index in [-0.39, 0.29) is 12.3 Å². The zero-order valence-electron chi connectivity index (χ0n) is 10.5. The van der Waals surface area contributed by atoms with Gasteiger partial charge in [0.05, 0.1) is 38.1 Å². The maximum Gasteiger partial charge on any atom is 0.226 e. The fraction of sp³-hybridized carbons (Fsp3) is 0.500. The van der Waals surface area contributed by atoms with E-state index in [2.05, 4.69) is 10.3 Å². The standard InChI is InChI=1S/C12H19N3O3/c1-17-6-7-18-5-4-14-12(16)8-11-3-2-10(13)9-15-11/h2-3,9H,4-8,13H2,1H3,(H,14,16). The molecule has 6 nitrogen and oxygen atoms in total. The molecule has 18 heavy (non-hydrogen) atoms. The van der Waals surface area contributed by atoms with E-state index < -0.39 is 0 Å². The molecule has 0 saturated carbocycles. The van der Waals surface area contributed by atoms with E-state index in [1.165, 1.54) is 6.20 Å². The third kappa shape index (κ3) is 6.17. The highest BCUT2D eigenvalue weighted by molar-refractivity contribution is 5.78. The number of carbonyl (C=O) groups excluding carboxylic acids is 1. The van der Waals surface area contributed by atoms with Crippen molar-refractivity contribution >= 4 is 11.6 Å². The Balaban J connectivity index is 2.12. The predicted molar refractivity (Wildman–Crippen MR) is 68.1 cm³/mol. The molecule has 0 aliphatic carbocycles. The van der Waals surface area contributed by atoms with Crippen molar-refractivity contribution in [1.82, 2.24) is 10.3 Å². The van der Waals surface area contributed by atoms with Gasteiger partial charge in [-0.05, 0) is 12.1 Å². The van der Waals surface area contributed by atoms with Gasteiger partial charge in [0.2, 0.25) is 5.91 Å². The summed E-state index contributed by atoms with van der Waals surface area (Å²) in [7, 11) is 1.62. The first-order valence-electron chi connectivity index (χ1n) is 5.76. The van der Waals surface area contributed by atoms with Crippen LogP contribution in [0.5, 0.6) is 0 Å². The molecule has 1 aromatic rings. The summed E-state index contributed by atoms with van der Waals surface area (Å²) in [5.41, 5.74) is 6.79. The molecule has 0 bridgehead atoms. The van der Waals surface area contributed by atoms with E-state index in [0.717, 1.165) is 0 Å². The maximum absolute atomic E-state index is 11.5. The highest BCUT2D eigenvalue weighted by Gasteiger charge is 2.03. The van der Waals surface area contributed by atoms with Crippen molar-refractivity contribution in [3.8, 4) is 0 Å². The van der Waals surface area contributed by atoms with Crippen molar-refractivity contribution in [3.05, 3.63) is 24.0 Å². The highest BCUT2D eigenvalue weighted by Crippen LogP contribution is 2.01. The molecular formula is C12H19N3O3. The minimum absolute atomic E-state index is 0.0809. The molecule has 6 heteroatoms. The van der Waals surface area contributed by atoms with Gasteiger partial charge in [-0.15, -0.1) is 0 Å². The highest BCUT2D eigenvalue weighted by atomic mass is 16.5. The van der Waals surface area contributed by atoms with E-state index in [9.17, 15) is 4.79 Å². The first kappa shape index (κ1) is 14.4. The molecule has 1 amide bonds. The van der Waals surface area contributed by atoms with Crippen LogP contribution in [-0.4, -0.2) is 44.4 Å². The average molecular weight is 253 g/mol. The lowest BCUT2D eigenvalue weighted by Crippen LogP contribution is -2.29. The van der Waals surface area contributed by atoms with Crippen molar-refractivity contribution in [2.45, 2.75) is 6.42 Å². The van der Waals surface area contributed by atoms with Gasteiger partial charge in [0.1, 0.15) is 0 Å². The number of pyridine rings is 1. The Morgan fingerprint density at radius 1 is 1.39 bits per heavy atom. The van der Waals surface area contributed by atoms with Gasteiger partial charge in [-0.2, -0.15) is 0 Å². The SMILES string of the molecule is COCCOCCNC(=O)Cc1ccc(N)cn1. The van der Waals surface area contributed by atoms with Crippen LogP contribution < -0.4 is 11.1 Å². The fourth-order valence-corrected chi connectivity index (χ4v) is 1.27. The predicted octanol–water partition coefficient (Wildman–Crippen LogP) is -0.0145. The summed E-state index contributed by atoms with van der Waals surface area (Å²) >= 11 is 0. The molecule has 100 valence electrons. The lowest BCUT2D eigenvalue weighted by Gasteiger charge is -2.06. The molecule has 0 aromatic carbocycles. The second-order valence-corrected chi connectivity index (χ2v) is 3.71. The Hall–Kier alpha value is -1.66. The van der Waals surface area contributed by atoms with E-state index in [1.807, 2.05) is 0 Å². The van der Waals surface area contributed by atoms with Gasteiger partial charge >= 0.3 is 0 Å². The molecular weight excluding hydrogens is 234 g/mol. The van der Waals surface area contributed by atoms with Crippen LogP contribution in [0.25, 0.3) is 0 Å². The molecule has 0 radical (unpaired) electrons. The van der Waals surface area contributed by atoms with Gasteiger partial charge in [0.25, 0.3) is 0 Å². The van der Waals surface area contributed by atoms with Crippen LogP contribution in [0, 0.1) is 0 Å². The number of nitrogens with one attached hydrogen (secondary N) is 1.